The van der Waals surface area contributed by atoms with Crippen molar-refractivity contribution in [2.75, 3.05) is 20.6 Å². The van der Waals surface area contributed by atoms with Crippen LogP contribution in [0.4, 0.5) is 0 Å². The molecule has 0 N–H and O–H groups in total. The lowest BCUT2D eigenvalue weighted by Crippen LogP contribution is -2.16. The molecule has 1 unspecified atom stereocenters. The monoisotopic (exact) mass is 658 g/mol. The lowest BCUT2D eigenvalue weighted by atomic mass is 9.78. The number of hydrogen-bond donors (Lipinski definition) is 0. The van der Waals surface area contributed by atoms with E-state index < -0.39 is 0 Å². The maximum Gasteiger partial charge on any atom is 0.0982 e. The van der Waals surface area contributed by atoms with E-state index in [9.17, 15) is 0 Å². The molecular weight excluding hydrogens is 571 g/mol. The molecule has 47 heavy (non-hydrogen) atoms. The van der Waals surface area contributed by atoms with Crippen LogP contribution in [-0.2, 0) is 4.74 Å². The Morgan fingerprint density at radius 3 is 1.74 bits per heavy atom. The second-order valence-corrected chi connectivity index (χ2v) is 16.8. The minimum absolute atomic E-state index is 0.260. The van der Waals surface area contributed by atoms with Gasteiger partial charge in [-0.25, -0.2) is 0 Å². The summed E-state index contributed by atoms with van der Waals surface area (Å²) in [6.07, 6.45) is 40.2. The van der Waals surface area contributed by atoms with E-state index >= 15 is 0 Å². The average Bonchev–Trinajstić information content (AvgIpc) is 3.00. The van der Waals surface area contributed by atoms with E-state index in [2.05, 4.69) is 85.8 Å². The Balaban J connectivity index is 4.48. The molecule has 0 fully saturated rings. The maximum absolute atomic E-state index is 6.52. The highest BCUT2D eigenvalue weighted by Crippen LogP contribution is 2.35. The van der Waals surface area contributed by atoms with Crippen LogP contribution in [0.2, 0.25) is 0 Å². The van der Waals surface area contributed by atoms with Crippen molar-refractivity contribution >= 4 is 0 Å². The van der Waals surface area contributed by atoms with E-state index in [1.807, 2.05) is 0 Å². The number of allylic oxidation sites excluding steroid dienone is 4. The standard InChI is InChI=1S/C45H87NO/c1-11-13-15-17-19-20-22-26-33-41(3)45(7,8)39-31-25-28-36-43(47-42(4)34-32-40-46(9)10)35-27-24-30-38-44(5,6)37-29-23-21-18-16-14-12-2/h23,29,43H,3-4,11-22,24-28,30-40H2,1-2,5-10H3/b29-23-. The molecule has 0 spiro atoms. The molecule has 2 heteroatoms. The number of ether oxygens (including phenoxy) is 1. The topological polar surface area (TPSA) is 12.5 Å². The average molecular weight is 658 g/mol. The fourth-order valence-corrected chi connectivity index (χ4v) is 6.72. The molecule has 0 saturated carbocycles. The zero-order valence-corrected chi connectivity index (χ0v) is 33.8. The van der Waals surface area contributed by atoms with E-state index in [4.69, 9.17) is 4.74 Å². The van der Waals surface area contributed by atoms with Gasteiger partial charge in [-0.15, -0.1) is 0 Å². The first-order valence-electron chi connectivity index (χ1n) is 20.8. The highest BCUT2D eigenvalue weighted by molar-refractivity contribution is 5.06. The fraction of sp³-hybridized carbons (Fsp3) is 0.867. The molecule has 0 aromatic heterocycles. The summed E-state index contributed by atoms with van der Waals surface area (Å²) in [5, 5.41) is 0. The summed E-state index contributed by atoms with van der Waals surface area (Å²) in [6.45, 7) is 24.3. The Morgan fingerprint density at radius 1 is 0.617 bits per heavy atom. The van der Waals surface area contributed by atoms with Crippen LogP contribution < -0.4 is 0 Å². The molecule has 2 nitrogen and oxygen atoms in total. The highest BCUT2D eigenvalue weighted by atomic mass is 16.5. The first kappa shape index (κ1) is 46.0. The number of nitrogens with zero attached hydrogens (tertiary/aromatic N) is 1. The van der Waals surface area contributed by atoms with Crippen LogP contribution in [-0.4, -0.2) is 31.6 Å². The van der Waals surface area contributed by atoms with Gasteiger partial charge in [-0.1, -0.05) is 162 Å². The Kier molecular flexibility index (Phi) is 29.2. The quantitative estimate of drug-likeness (QED) is 0.0382. The normalized spacial score (nSPS) is 13.1. The van der Waals surface area contributed by atoms with E-state index in [1.165, 1.54) is 166 Å². The van der Waals surface area contributed by atoms with Gasteiger partial charge in [0.1, 0.15) is 0 Å². The predicted octanol–water partition coefficient (Wildman–Crippen LogP) is 15.2. The molecule has 0 rings (SSSR count). The van der Waals surface area contributed by atoms with Gasteiger partial charge in [0.2, 0.25) is 0 Å². The molecule has 0 aromatic carbocycles. The number of rotatable bonds is 35. The molecule has 0 radical (unpaired) electrons. The first-order valence-corrected chi connectivity index (χ1v) is 20.8. The van der Waals surface area contributed by atoms with Crippen LogP contribution >= 0.6 is 0 Å². The van der Waals surface area contributed by atoms with Gasteiger partial charge in [0.15, 0.2) is 0 Å². The van der Waals surface area contributed by atoms with E-state index in [0.717, 1.165) is 25.1 Å². The van der Waals surface area contributed by atoms with Crippen molar-refractivity contribution in [1.29, 1.82) is 0 Å². The first-order chi connectivity index (χ1) is 22.4. The molecule has 0 aliphatic carbocycles. The molecule has 1 atom stereocenters. The number of hydrogen-bond acceptors (Lipinski definition) is 2. The Hall–Kier alpha value is -1.02. The minimum atomic E-state index is 0.260. The van der Waals surface area contributed by atoms with Crippen molar-refractivity contribution in [1.82, 2.24) is 4.90 Å². The summed E-state index contributed by atoms with van der Waals surface area (Å²) in [6, 6.07) is 0. The number of unbranched alkanes of at least 4 members (excludes halogenated alkanes) is 15. The summed E-state index contributed by atoms with van der Waals surface area (Å²) in [5.74, 6) is 0.998. The van der Waals surface area contributed by atoms with Gasteiger partial charge in [0.05, 0.1) is 11.9 Å². The second-order valence-electron chi connectivity index (χ2n) is 16.8. The molecule has 0 bridgehead atoms. The van der Waals surface area contributed by atoms with E-state index in [0.29, 0.717) is 11.5 Å². The van der Waals surface area contributed by atoms with Crippen molar-refractivity contribution in [3.05, 3.63) is 36.6 Å². The minimum Gasteiger partial charge on any atom is -0.495 e. The zero-order valence-electron chi connectivity index (χ0n) is 33.8. The van der Waals surface area contributed by atoms with Crippen molar-refractivity contribution in [3.63, 3.8) is 0 Å². The Morgan fingerprint density at radius 2 is 1.15 bits per heavy atom. The van der Waals surface area contributed by atoms with Crippen LogP contribution in [0, 0.1) is 10.8 Å². The third kappa shape index (κ3) is 29.6. The Labute approximate surface area is 298 Å². The molecule has 0 aliphatic rings. The van der Waals surface area contributed by atoms with Crippen LogP contribution in [0.1, 0.15) is 215 Å². The van der Waals surface area contributed by atoms with Crippen LogP contribution in [0.5, 0.6) is 0 Å². The van der Waals surface area contributed by atoms with E-state index in [-0.39, 0.29) is 5.41 Å². The second kappa shape index (κ2) is 29.9. The molecule has 0 aliphatic heterocycles. The van der Waals surface area contributed by atoms with Crippen molar-refractivity contribution in [2.24, 2.45) is 10.8 Å². The summed E-state index contributed by atoms with van der Waals surface area (Å²) in [4.78, 5) is 2.25. The molecule has 0 heterocycles. The third-order valence-electron chi connectivity index (χ3n) is 10.5. The van der Waals surface area contributed by atoms with Crippen LogP contribution in [0.15, 0.2) is 36.6 Å². The maximum atomic E-state index is 6.52. The summed E-state index contributed by atoms with van der Waals surface area (Å²) < 4.78 is 6.52. The van der Waals surface area contributed by atoms with Gasteiger partial charge in [0, 0.05) is 6.42 Å². The third-order valence-corrected chi connectivity index (χ3v) is 10.5. The summed E-state index contributed by atoms with van der Waals surface area (Å²) in [7, 11) is 4.29. The smallest absolute Gasteiger partial charge is 0.0982 e. The predicted molar refractivity (Wildman–Crippen MR) is 214 cm³/mol. The molecular formula is C45H87NO. The van der Waals surface area contributed by atoms with Crippen molar-refractivity contribution in [2.45, 2.75) is 221 Å². The van der Waals surface area contributed by atoms with Crippen LogP contribution in [0.3, 0.4) is 0 Å². The van der Waals surface area contributed by atoms with Crippen molar-refractivity contribution < 1.29 is 4.74 Å². The van der Waals surface area contributed by atoms with Crippen LogP contribution in [0.25, 0.3) is 0 Å². The van der Waals surface area contributed by atoms with E-state index in [1.54, 1.807) is 0 Å². The van der Waals surface area contributed by atoms with Gasteiger partial charge in [0.25, 0.3) is 0 Å². The highest BCUT2D eigenvalue weighted by Gasteiger charge is 2.21. The SMILES string of the molecule is C=C(CCCN(C)C)OC(CCCCCC(C)(C)C/C=C\CCCCCC)CCCCCC(C)(C)C(=C)CCCCCCCCCC. The summed E-state index contributed by atoms with van der Waals surface area (Å²) in [5.41, 5.74) is 2.14. The fourth-order valence-electron chi connectivity index (χ4n) is 6.72. The molecule has 0 saturated heterocycles. The van der Waals surface area contributed by atoms with Gasteiger partial charge in [-0.05, 0) is 109 Å². The zero-order chi connectivity index (χ0) is 35.2. The Bertz CT molecular complexity index is 760. The largest absolute Gasteiger partial charge is 0.495 e. The molecule has 278 valence electrons. The molecule has 0 amide bonds. The molecule has 0 aromatic rings. The van der Waals surface area contributed by atoms with Gasteiger partial charge in [-0.2, -0.15) is 0 Å². The van der Waals surface area contributed by atoms with Gasteiger partial charge in [-0.3, -0.25) is 0 Å². The lowest BCUT2D eigenvalue weighted by molar-refractivity contribution is 0.0887. The van der Waals surface area contributed by atoms with Gasteiger partial charge >= 0.3 is 0 Å². The lowest BCUT2D eigenvalue weighted by Gasteiger charge is -2.28. The van der Waals surface area contributed by atoms with Gasteiger partial charge < -0.3 is 9.64 Å². The van der Waals surface area contributed by atoms with Crippen molar-refractivity contribution in [3.8, 4) is 0 Å². The summed E-state index contributed by atoms with van der Waals surface area (Å²) >= 11 is 0.